The molecule has 0 saturated heterocycles. The Hall–Kier alpha value is -1.42. The highest BCUT2D eigenvalue weighted by molar-refractivity contribution is 7.89. The minimum absolute atomic E-state index is 0.0774. The van der Waals surface area contributed by atoms with Gasteiger partial charge in [0, 0.05) is 0 Å². The smallest absolute Gasteiger partial charge is 0.254 e. The SMILES string of the molecule is Cc1ccc(C#N)c(S(=O)(=O)NN)c1. The number of hydrogen-bond donors (Lipinski definition) is 2. The molecule has 6 heteroatoms. The van der Waals surface area contributed by atoms with Gasteiger partial charge in [0.05, 0.1) is 5.56 Å². The van der Waals surface area contributed by atoms with Crippen molar-refractivity contribution in [1.29, 1.82) is 5.26 Å². The van der Waals surface area contributed by atoms with E-state index in [4.69, 9.17) is 11.1 Å². The minimum atomic E-state index is -3.76. The van der Waals surface area contributed by atoms with Crippen LogP contribution in [0, 0.1) is 18.3 Å². The fraction of sp³-hybridized carbons (Fsp3) is 0.125. The predicted octanol–water partition coefficient (Wildman–Crippen LogP) is 0.0187. The molecule has 0 radical (unpaired) electrons. The van der Waals surface area contributed by atoms with Crippen LogP contribution in [0.25, 0.3) is 0 Å². The number of hydrazine groups is 1. The van der Waals surface area contributed by atoms with Gasteiger partial charge in [-0.1, -0.05) is 6.07 Å². The Balaban J connectivity index is 3.49. The molecule has 0 atom stereocenters. The Morgan fingerprint density at radius 1 is 1.50 bits per heavy atom. The number of nitrogens with zero attached hydrogens (tertiary/aromatic N) is 1. The van der Waals surface area contributed by atoms with E-state index in [9.17, 15) is 8.42 Å². The molecule has 14 heavy (non-hydrogen) atoms. The lowest BCUT2D eigenvalue weighted by molar-refractivity contribution is 0.584. The number of hydrogen-bond acceptors (Lipinski definition) is 4. The molecule has 0 aliphatic heterocycles. The molecule has 0 heterocycles. The van der Waals surface area contributed by atoms with Crippen LogP contribution in [0.2, 0.25) is 0 Å². The molecule has 0 aliphatic carbocycles. The average molecular weight is 211 g/mol. The van der Waals surface area contributed by atoms with E-state index in [1.807, 2.05) is 0 Å². The van der Waals surface area contributed by atoms with Gasteiger partial charge in [-0.25, -0.2) is 8.42 Å². The average Bonchev–Trinajstić information content (AvgIpc) is 2.18. The molecule has 0 spiro atoms. The molecular formula is C8H9N3O2S. The molecule has 1 rings (SSSR count). The third-order valence-electron chi connectivity index (χ3n) is 1.70. The maximum absolute atomic E-state index is 11.3. The number of nitrogens with two attached hydrogens (primary N) is 1. The molecule has 3 N–H and O–H groups in total. The van der Waals surface area contributed by atoms with Gasteiger partial charge < -0.3 is 0 Å². The highest BCUT2D eigenvalue weighted by Crippen LogP contribution is 2.15. The van der Waals surface area contributed by atoms with Crippen LogP contribution < -0.4 is 10.7 Å². The normalized spacial score (nSPS) is 10.9. The van der Waals surface area contributed by atoms with E-state index in [-0.39, 0.29) is 10.5 Å². The lowest BCUT2D eigenvalue weighted by Gasteiger charge is -2.04. The summed E-state index contributed by atoms with van der Waals surface area (Å²) in [5.41, 5.74) is 0.825. The van der Waals surface area contributed by atoms with Crippen LogP contribution in [0.3, 0.4) is 0 Å². The second-order valence-electron chi connectivity index (χ2n) is 2.73. The molecule has 5 nitrogen and oxygen atoms in total. The fourth-order valence-electron chi connectivity index (χ4n) is 1.01. The van der Waals surface area contributed by atoms with Crippen molar-refractivity contribution < 1.29 is 8.42 Å². The molecule has 0 bridgehead atoms. The second kappa shape index (κ2) is 3.75. The summed E-state index contributed by atoms with van der Waals surface area (Å²) >= 11 is 0. The largest absolute Gasteiger partial charge is 0.257 e. The van der Waals surface area contributed by atoms with Crippen LogP contribution in [0.1, 0.15) is 11.1 Å². The number of sulfonamides is 1. The van der Waals surface area contributed by atoms with Crippen LogP contribution in [0.4, 0.5) is 0 Å². The zero-order valence-corrected chi connectivity index (χ0v) is 8.30. The summed E-state index contributed by atoms with van der Waals surface area (Å²) in [6.45, 7) is 1.73. The number of benzene rings is 1. The summed E-state index contributed by atoms with van der Waals surface area (Å²) in [7, 11) is -3.76. The van der Waals surface area contributed by atoms with Gasteiger partial charge in [0.2, 0.25) is 0 Å². The first-order valence-electron chi connectivity index (χ1n) is 3.74. The quantitative estimate of drug-likeness (QED) is 0.532. The van der Waals surface area contributed by atoms with Crippen molar-refractivity contribution in [2.45, 2.75) is 11.8 Å². The van der Waals surface area contributed by atoms with E-state index in [0.29, 0.717) is 0 Å². The van der Waals surface area contributed by atoms with Gasteiger partial charge in [0.15, 0.2) is 0 Å². The predicted molar refractivity (Wildman–Crippen MR) is 50.4 cm³/mol. The standard InChI is InChI=1S/C8H9N3O2S/c1-6-2-3-7(5-9)8(4-6)14(12,13)11-10/h2-4,11H,10H2,1H3. The van der Waals surface area contributed by atoms with E-state index in [1.165, 1.54) is 12.1 Å². The maximum Gasteiger partial charge on any atom is 0.254 e. The zero-order valence-electron chi connectivity index (χ0n) is 7.48. The minimum Gasteiger partial charge on any atom is -0.257 e. The molecule has 0 aliphatic rings. The molecule has 1 aromatic carbocycles. The monoisotopic (exact) mass is 211 g/mol. The van der Waals surface area contributed by atoms with Crippen molar-refractivity contribution in [2.75, 3.05) is 0 Å². The first kappa shape index (κ1) is 10.7. The number of rotatable bonds is 2. The third kappa shape index (κ3) is 1.90. The fourth-order valence-corrected chi connectivity index (χ4v) is 1.88. The van der Waals surface area contributed by atoms with Crippen LogP contribution in [0.15, 0.2) is 23.1 Å². The zero-order chi connectivity index (χ0) is 10.8. The molecule has 1 aromatic rings. The maximum atomic E-state index is 11.3. The summed E-state index contributed by atoms with van der Waals surface area (Å²) in [5, 5.41) is 8.69. The molecule has 0 aromatic heterocycles. The Labute approximate surface area is 82.2 Å². The molecule has 0 fully saturated rings. The summed E-state index contributed by atoms with van der Waals surface area (Å²) in [6.07, 6.45) is 0. The topological polar surface area (TPSA) is 96.0 Å². The number of nitriles is 1. The second-order valence-corrected chi connectivity index (χ2v) is 4.42. The first-order chi connectivity index (χ1) is 6.51. The highest BCUT2D eigenvalue weighted by atomic mass is 32.2. The van der Waals surface area contributed by atoms with Crippen LogP contribution in [-0.4, -0.2) is 8.42 Å². The van der Waals surface area contributed by atoms with Gasteiger partial charge >= 0.3 is 0 Å². The van der Waals surface area contributed by atoms with Gasteiger partial charge in [-0.3, -0.25) is 5.84 Å². The molecular weight excluding hydrogens is 202 g/mol. The molecule has 0 saturated carbocycles. The lowest BCUT2D eigenvalue weighted by Crippen LogP contribution is -2.30. The Bertz CT molecular complexity index is 488. The van der Waals surface area contributed by atoms with Crippen LogP contribution in [0.5, 0.6) is 0 Å². The van der Waals surface area contributed by atoms with Crippen LogP contribution in [-0.2, 0) is 10.0 Å². The molecule has 0 unspecified atom stereocenters. The Morgan fingerprint density at radius 3 is 2.64 bits per heavy atom. The lowest BCUT2D eigenvalue weighted by atomic mass is 10.2. The first-order valence-corrected chi connectivity index (χ1v) is 5.23. The van der Waals surface area contributed by atoms with Gasteiger partial charge in [-0.05, 0) is 24.6 Å². The van der Waals surface area contributed by atoms with E-state index in [0.717, 1.165) is 5.56 Å². The van der Waals surface area contributed by atoms with Gasteiger partial charge in [-0.15, -0.1) is 0 Å². The van der Waals surface area contributed by atoms with Crippen molar-refractivity contribution in [2.24, 2.45) is 5.84 Å². The van der Waals surface area contributed by atoms with E-state index >= 15 is 0 Å². The van der Waals surface area contributed by atoms with Crippen molar-refractivity contribution in [1.82, 2.24) is 4.83 Å². The highest BCUT2D eigenvalue weighted by Gasteiger charge is 2.16. The number of nitrogens with one attached hydrogen (secondary N) is 1. The van der Waals surface area contributed by atoms with Gasteiger partial charge in [0.25, 0.3) is 10.0 Å². The van der Waals surface area contributed by atoms with Gasteiger partial charge in [-0.2, -0.15) is 10.1 Å². The summed E-state index contributed by atoms with van der Waals surface area (Å²) in [4.78, 5) is 1.59. The molecule has 0 amide bonds. The van der Waals surface area contributed by atoms with Crippen molar-refractivity contribution >= 4 is 10.0 Å². The van der Waals surface area contributed by atoms with Crippen LogP contribution >= 0.6 is 0 Å². The Morgan fingerprint density at radius 2 is 2.14 bits per heavy atom. The summed E-state index contributed by atoms with van der Waals surface area (Å²) < 4.78 is 22.7. The molecule has 74 valence electrons. The Kier molecular flexibility index (Phi) is 2.86. The van der Waals surface area contributed by atoms with Crippen molar-refractivity contribution in [3.05, 3.63) is 29.3 Å². The third-order valence-corrected chi connectivity index (χ3v) is 2.93. The summed E-state index contributed by atoms with van der Waals surface area (Å²) in [5.74, 6) is 4.86. The van der Waals surface area contributed by atoms with Crippen molar-refractivity contribution in [3.63, 3.8) is 0 Å². The van der Waals surface area contributed by atoms with E-state index in [2.05, 4.69) is 0 Å². The van der Waals surface area contributed by atoms with E-state index < -0.39 is 10.0 Å². The number of aryl methyl sites for hydroxylation is 1. The summed E-state index contributed by atoms with van der Waals surface area (Å²) in [6, 6.07) is 6.29. The van der Waals surface area contributed by atoms with E-state index in [1.54, 1.807) is 23.9 Å². The van der Waals surface area contributed by atoms with Gasteiger partial charge in [0.1, 0.15) is 11.0 Å². The van der Waals surface area contributed by atoms with Crippen molar-refractivity contribution in [3.8, 4) is 6.07 Å².